The van der Waals surface area contributed by atoms with Gasteiger partial charge in [-0.05, 0) is 25.1 Å². The van der Waals surface area contributed by atoms with Crippen LogP contribution in [-0.2, 0) is 0 Å². The summed E-state index contributed by atoms with van der Waals surface area (Å²) in [6.07, 6.45) is 7.00. The van der Waals surface area contributed by atoms with Crippen molar-refractivity contribution in [3.8, 4) is 17.2 Å². The van der Waals surface area contributed by atoms with E-state index in [0.29, 0.717) is 23.0 Å². The first-order chi connectivity index (χ1) is 10.5. The number of fused-ring (bicyclic) bond motifs is 1. The summed E-state index contributed by atoms with van der Waals surface area (Å²) in [6, 6.07) is 3.72. The molecule has 0 fully saturated rings. The van der Waals surface area contributed by atoms with E-state index in [4.69, 9.17) is 14.2 Å². The quantitative estimate of drug-likeness (QED) is 0.589. The summed E-state index contributed by atoms with van der Waals surface area (Å²) in [5.74, 6) is 2.39. The molecule has 0 saturated carbocycles. The Hall–Kier alpha value is -2.75. The molecule has 1 aromatic carbocycles. The highest BCUT2D eigenvalue weighted by molar-refractivity contribution is 5.90. The summed E-state index contributed by atoms with van der Waals surface area (Å²) in [5, 5.41) is 1.77. The molecule has 1 heterocycles. The van der Waals surface area contributed by atoms with Crippen LogP contribution in [0.5, 0.6) is 17.2 Å². The molecule has 0 bridgehead atoms. The zero-order valence-electron chi connectivity index (χ0n) is 13.1. The second-order valence-electron chi connectivity index (χ2n) is 4.81. The van der Waals surface area contributed by atoms with Gasteiger partial charge in [0.2, 0.25) is 0 Å². The number of benzene rings is 1. The van der Waals surface area contributed by atoms with E-state index >= 15 is 0 Å². The molecule has 2 aromatic rings. The average Bonchev–Trinajstić information content (AvgIpc) is 2.51. The van der Waals surface area contributed by atoms with Crippen LogP contribution in [0.1, 0.15) is 6.92 Å². The second kappa shape index (κ2) is 6.80. The Bertz CT molecular complexity index is 747. The summed E-state index contributed by atoms with van der Waals surface area (Å²) in [4.78, 5) is 4.19. The van der Waals surface area contributed by atoms with Crippen LogP contribution in [0.4, 0.5) is 0 Å². The molecule has 0 amide bonds. The van der Waals surface area contributed by atoms with Gasteiger partial charge in [0, 0.05) is 17.0 Å². The maximum atomic E-state index is 5.77. The van der Waals surface area contributed by atoms with Gasteiger partial charge in [0.25, 0.3) is 0 Å². The average molecular weight is 297 g/mol. The minimum absolute atomic E-state index is 0.507. The Balaban J connectivity index is 2.42. The molecule has 1 aromatic heterocycles. The highest BCUT2D eigenvalue weighted by Gasteiger charge is 2.10. The largest absolute Gasteiger partial charge is 0.493 e. The molecule has 22 heavy (non-hydrogen) atoms. The Labute approximate surface area is 130 Å². The summed E-state index contributed by atoms with van der Waals surface area (Å²) in [5.41, 5.74) is 0.923. The van der Waals surface area contributed by atoms with Crippen LogP contribution in [0.25, 0.3) is 10.8 Å². The van der Waals surface area contributed by atoms with Crippen molar-refractivity contribution in [2.75, 3.05) is 14.2 Å². The molecule has 0 aliphatic heterocycles. The SMILES string of the molecule is C=C(C)/C=C\C(=C)Oc1cncc2cc(OC)c(OC)cc12. The van der Waals surface area contributed by atoms with Gasteiger partial charge in [-0.1, -0.05) is 24.8 Å². The number of ether oxygens (including phenoxy) is 3. The fourth-order valence-corrected chi connectivity index (χ4v) is 1.96. The molecular weight excluding hydrogens is 278 g/mol. The lowest BCUT2D eigenvalue weighted by atomic mass is 10.1. The zero-order valence-corrected chi connectivity index (χ0v) is 13.1. The molecule has 0 aliphatic rings. The van der Waals surface area contributed by atoms with E-state index in [2.05, 4.69) is 18.1 Å². The number of hydrogen-bond donors (Lipinski definition) is 0. The summed E-state index contributed by atoms with van der Waals surface area (Å²) < 4.78 is 16.4. The lowest BCUT2D eigenvalue weighted by Crippen LogP contribution is -1.95. The van der Waals surface area contributed by atoms with E-state index < -0.39 is 0 Å². The van der Waals surface area contributed by atoms with Gasteiger partial charge in [0.15, 0.2) is 17.2 Å². The van der Waals surface area contributed by atoms with Crippen LogP contribution >= 0.6 is 0 Å². The maximum absolute atomic E-state index is 5.77. The van der Waals surface area contributed by atoms with Crippen LogP contribution in [0.2, 0.25) is 0 Å². The minimum atomic E-state index is 0.507. The topological polar surface area (TPSA) is 40.6 Å². The Kier molecular flexibility index (Phi) is 4.84. The highest BCUT2D eigenvalue weighted by atomic mass is 16.5. The van der Waals surface area contributed by atoms with Gasteiger partial charge in [0.1, 0.15) is 5.76 Å². The number of aromatic nitrogens is 1. The molecule has 0 atom stereocenters. The zero-order chi connectivity index (χ0) is 16.1. The van der Waals surface area contributed by atoms with Crippen LogP contribution < -0.4 is 14.2 Å². The first-order valence-electron chi connectivity index (χ1n) is 6.75. The van der Waals surface area contributed by atoms with E-state index in [-0.39, 0.29) is 0 Å². The smallest absolute Gasteiger partial charge is 0.161 e. The van der Waals surface area contributed by atoms with Crippen molar-refractivity contribution in [2.24, 2.45) is 0 Å². The fourth-order valence-electron chi connectivity index (χ4n) is 1.96. The van der Waals surface area contributed by atoms with E-state index in [1.54, 1.807) is 32.7 Å². The monoisotopic (exact) mass is 297 g/mol. The third-order valence-electron chi connectivity index (χ3n) is 3.02. The minimum Gasteiger partial charge on any atom is -0.493 e. The summed E-state index contributed by atoms with van der Waals surface area (Å²) in [7, 11) is 3.20. The number of methoxy groups -OCH3 is 2. The van der Waals surface area contributed by atoms with Crippen LogP contribution in [0.3, 0.4) is 0 Å². The van der Waals surface area contributed by atoms with Crippen molar-refractivity contribution < 1.29 is 14.2 Å². The standard InChI is InChI=1S/C18H19NO3/c1-12(2)6-7-13(3)22-18-11-19-10-14-8-16(20-4)17(21-5)9-15(14)18/h6-11H,1,3H2,2,4-5H3/b7-6-. The third-order valence-corrected chi connectivity index (χ3v) is 3.02. The molecule has 4 heteroatoms. The third kappa shape index (κ3) is 3.47. The Morgan fingerprint density at radius 2 is 1.68 bits per heavy atom. The van der Waals surface area contributed by atoms with Gasteiger partial charge in [-0.3, -0.25) is 4.98 Å². The van der Waals surface area contributed by atoms with Crippen molar-refractivity contribution in [2.45, 2.75) is 6.92 Å². The van der Waals surface area contributed by atoms with Gasteiger partial charge < -0.3 is 14.2 Å². The first kappa shape index (κ1) is 15.6. The van der Waals surface area contributed by atoms with Crippen LogP contribution in [-0.4, -0.2) is 19.2 Å². The fraction of sp³-hybridized carbons (Fsp3) is 0.167. The van der Waals surface area contributed by atoms with Gasteiger partial charge in [-0.15, -0.1) is 0 Å². The molecule has 2 rings (SSSR count). The molecule has 0 N–H and O–H groups in total. The molecule has 0 unspecified atom stereocenters. The predicted molar refractivity (Wildman–Crippen MR) is 88.6 cm³/mol. The molecule has 4 nitrogen and oxygen atoms in total. The van der Waals surface area contributed by atoms with Crippen molar-refractivity contribution in [3.63, 3.8) is 0 Å². The molecule has 114 valence electrons. The van der Waals surface area contributed by atoms with Gasteiger partial charge in [0.05, 0.1) is 20.4 Å². The van der Waals surface area contributed by atoms with Gasteiger partial charge in [-0.2, -0.15) is 0 Å². The molecular formula is C18H19NO3. The van der Waals surface area contributed by atoms with E-state index in [1.165, 1.54) is 0 Å². The summed E-state index contributed by atoms with van der Waals surface area (Å²) >= 11 is 0. The first-order valence-corrected chi connectivity index (χ1v) is 6.75. The van der Waals surface area contributed by atoms with Crippen molar-refractivity contribution in [1.29, 1.82) is 0 Å². The lowest BCUT2D eigenvalue weighted by Gasteiger charge is -2.12. The Morgan fingerprint density at radius 1 is 1.00 bits per heavy atom. The van der Waals surface area contributed by atoms with Crippen LogP contribution in [0.15, 0.2) is 61.2 Å². The van der Waals surface area contributed by atoms with Gasteiger partial charge in [-0.25, -0.2) is 0 Å². The summed E-state index contributed by atoms with van der Waals surface area (Å²) in [6.45, 7) is 9.57. The molecule has 0 aliphatic carbocycles. The maximum Gasteiger partial charge on any atom is 0.161 e. The van der Waals surface area contributed by atoms with E-state index in [0.717, 1.165) is 16.3 Å². The van der Waals surface area contributed by atoms with E-state index in [9.17, 15) is 0 Å². The van der Waals surface area contributed by atoms with Crippen molar-refractivity contribution >= 4 is 10.8 Å². The van der Waals surface area contributed by atoms with Gasteiger partial charge >= 0.3 is 0 Å². The number of allylic oxidation sites excluding steroid dienone is 3. The second-order valence-corrected chi connectivity index (χ2v) is 4.81. The lowest BCUT2D eigenvalue weighted by molar-refractivity contribution is 0.355. The van der Waals surface area contributed by atoms with E-state index in [1.807, 2.05) is 25.1 Å². The molecule has 0 saturated heterocycles. The number of hydrogen-bond acceptors (Lipinski definition) is 4. The molecule has 0 spiro atoms. The Morgan fingerprint density at radius 3 is 2.32 bits per heavy atom. The van der Waals surface area contributed by atoms with Crippen molar-refractivity contribution in [3.05, 3.63) is 61.2 Å². The predicted octanol–water partition coefficient (Wildman–Crippen LogP) is 4.28. The normalized spacial score (nSPS) is 10.7. The van der Waals surface area contributed by atoms with Crippen LogP contribution in [0, 0.1) is 0 Å². The molecule has 0 radical (unpaired) electrons. The van der Waals surface area contributed by atoms with Crippen molar-refractivity contribution in [1.82, 2.24) is 4.98 Å². The number of pyridine rings is 1. The highest BCUT2D eigenvalue weighted by Crippen LogP contribution is 2.36. The number of rotatable bonds is 6. The number of nitrogens with zero attached hydrogens (tertiary/aromatic N) is 1.